The summed E-state index contributed by atoms with van der Waals surface area (Å²) in [5.41, 5.74) is 2.99. The van der Waals surface area contributed by atoms with Gasteiger partial charge in [0.25, 0.3) is 5.91 Å². The van der Waals surface area contributed by atoms with E-state index in [0.717, 1.165) is 22.9 Å². The van der Waals surface area contributed by atoms with Crippen molar-refractivity contribution in [2.75, 3.05) is 5.32 Å². The largest absolute Gasteiger partial charge is 0.435 e. The van der Waals surface area contributed by atoms with Crippen LogP contribution in [0.4, 0.5) is 36.4 Å². The summed E-state index contributed by atoms with van der Waals surface area (Å²) in [6.45, 7) is 2.50. The van der Waals surface area contributed by atoms with E-state index in [2.05, 4.69) is 15.4 Å². The minimum Gasteiger partial charge on any atom is -0.365 e. The first-order valence-electron chi connectivity index (χ1n) is 11.1. The molecule has 0 spiro atoms. The fourth-order valence-electron chi connectivity index (χ4n) is 3.82. The van der Waals surface area contributed by atoms with E-state index in [1.165, 1.54) is 26.0 Å². The Kier molecular flexibility index (Phi) is 7.14. The molecule has 0 bridgehead atoms. The number of benzene rings is 1. The molecular weight excluding hydrogens is 555 g/mol. The molecular formula is C24H18F7N5O2S. The number of anilines is 1. The quantitative estimate of drug-likeness (QED) is 0.276. The lowest BCUT2D eigenvalue weighted by Gasteiger charge is -2.15. The maximum Gasteiger partial charge on any atom is 0.435 e. The van der Waals surface area contributed by atoms with Crippen LogP contribution in [0.25, 0.3) is 21.3 Å². The molecule has 0 fully saturated rings. The van der Waals surface area contributed by atoms with Gasteiger partial charge in [0.1, 0.15) is 21.2 Å². The van der Waals surface area contributed by atoms with Gasteiger partial charge >= 0.3 is 12.4 Å². The number of carbonyl (C=O) groups is 2. The molecule has 15 heteroatoms. The van der Waals surface area contributed by atoms with Crippen molar-refractivity contribution < 1.29 is 40.3 Å². The fourth-order valence-corrected chi connectivity index (χ4v) is 4.82. The molecule has 1 atom stereocenters. The minimum atomic E-state index is -4.87. The van der Waals surface area contributed by atoms with Gasteiger partial charge in [-0.1, -0.05) is 19.1 Å². The van der Waals surface area contributed by atoms with Crippen LogP contribution in [0.3, 0.4) is 0 Å². The zero-order valence-corrected chi connectivity index (χ0v) is 20.9. The lowest BCUT2D eigenvalue weighted by atomic mass is 10.0. The van der Waals surface area contributed by atoms with Gasteiger partial charge in [-0.05, 0) is 42.3 Å². The number of fused-ring (bicyclic) bond motifs is 1. The van der Waals surface area contributed by atoms with Gasteiger partial charge in [0, 0.05) is 11.1 Å². The molecule has 0 aliphatic rings. The van der Waals surface area contributed by atoms with Gasteiger partial charge in [0.05, 0.1) is 18.2 Å². The number of nitrogens with one attached hydrogen (secondary N) is 1. The van der Waals surface area contributed by atoms with E-state index in [1.807, 2.05) is 0 Å². The Bertz CT molecular complexity index is 1570. The van der Waals surface area contributed by atoms with E-state index in [9.17, 15) is 40.3 Å². The summed E-state index contributed by atoms with van der Waals surface area (Å²) in [5, 5.41) is 5.93. The molecule has 1 aromatic carbocycles. The summed E-state index contributed by atoms with van der Waals surface area (Å²) in [6, 6.07) is 6.02. The van der Waals surface area contributed by atoms with Gasteiger partial charge in [-0.15, -0.1) is 11.3 Å². The first-order valence-corrected chi connectivity index (χ1v) is 11.9. The highest BCUT2D eigenvalue weighted by molar-refractivity contribution is 7.21. The molecule has 3 aromatic heterocycles. The van der Waals surface area contributed by atoms with Gasteiger partial charge in [-0.25, -0.2) is 9.37 Å². The van der Waals surface area contributed by atoms with E-state index in [1.54, 1.807) is 0 Å². The van der Waals surface area contributed by atoms with Gasteiger partial charge < -0.3 is 11.1 Å². The zero-order valence-electron chi connectivity index (χ0n) is 20.0. The molecule has 3 heterocycles. The monoisotopic (exact) mass is 573 g/mol. The van der Waals surface area contributed by atoms with Crippen molar-refractivity contribution in [3.63, 3.8) is 0 Å². The Labute approximate surface area is 219 Å². The third kappa shape index (κ3) is 5.72. The molecule has 0 saturated carbocycles. The molecule has 206 valence electrons. The summed E-state index contributed by atoms with van der Waals surface area (Å²) in [6.07, 6.45) is -9.55. The number of nitrogens with zero attached hydrogens (tertiary/aromatic N) is 3. The van der Waals surface area contributed by atoms with Crippen LogP contribution in [0.1, 0.15) is 33.7 Å². The number of nitrogens with two attached hydrogens (primary N) is 1. The highest BCUT2D eigenvalue weighted by Gasteiger charge is 2.36. The number of primary amides is 1. The molecule has 1 unspecified atom stereocenters. The predicted molar refractivity (Wildman–Crippen MR) is 128 cm³/mol. The van der Waals surface area contributed by atoms with E-state index in [4.69, 9.17) is 5.73 Å². The Morgan fingerprint density at radius 1 is 1.05 bits per heavy atom. The maximum absolute atomic E-state index is 13.6. The number of hydrogen-bond donors (Lipinski definition) is 2. The summed E-state index contributed by atoms with van der Waals surface area (Å²) in [5.74, 6) is -3.48. The van der Waals surface area contributed by atoms with Crippen molar-refractivity contribution in [2.45, 2.75) is 32.7 Å². The molecule has 3 N–H and O–H groups in total. The first-order chi connectivity index (χ1) is 18.1. The highest BCUT2D eigenvalue weighted by atomic mass is 32.1. The number of amides is 2. The Morgan fingerprint density at radius 3 is 2.21 bits per heavy atom. The average molecular weight is 573 g/mol. The molecule has 0 aliphatic carbocycles. The van der Waals surface area contributed by atoms with Crippen molar-refractivity contribution in [3.05, 3.63) is 64.2 Å². The van der Waals surface area contributed by atoms with Crippen molar-refractivity contribution in [3.8, 4) is 11.1 Å². The van der Waals surface area contributed by atoms with Crippen molar-refractivity contribution in [2.24, 2.45) is 11.7 Å². The number of carbonyl (C=O) groups excluding carboxylic acids is 2. The Hall–Kier alpha value is -4.01. The number of hydrogen-bond acceptors (Lipinski definition) is 5. The van der Waals surface area contributed by atoms with Gasteiger partial charge in [-0.3, -0.25) is 14.3 Å². The third-order valence-corrected chi connectivity index (χ3v) is 6.84. The molecule has 0 saturated heterocycles. The normalized spacial score (nSPS) is 13.1. The molecule has 4 aromatic rings. The fraction of sp³-hybridized carbons (Fsp3) is 0.250. The van der Waals surface area contributed by atoms with E-state index < -0.39 is 47.3 Å². The van der Waals surface area contributed by atoms with E-state index >= 15 is 0 Å². The third-order valence-electron chi connectivity index (χ3n) is 5.75. The molecule has 0 radical (unpaired) electrons. The van der Waals surface area contributed by atoms with Gasteiger partial charge in [-0.2, -0.15) is 31.4 Å². The zero-order chi connectivity index (χ0) is 28.9. The topological polar surface area (TPSA) is 103 Å². The van der Waals surface area contributed by atoms with Crippen LogP contribution < -0.4 is 11.1 Å². The van der Waals surface area contributed by atoms with Crippen LogP contribution in [0, 0.1) is 18.7 Å². The number of rotatable bonds is 6. The van der Waals surface area contributed by atoms with Crippen LogP contribution >= 0.6 is 11.3 Å². The average Bonchev–Trinajstić information content (AvgIpc) is 3.39. The number of alkyl halides is 6. The van der Waals surface area contributed by atoms with Crippen LogP contribution in [-0.2, 0) is 23.7 Å². The van der Waals surface area contributed by atoms with Gasteiger partial charge in [0.15, 0.2) is 5.69 Å². The van der Waals surface area contributed by atoms with E-state index in [-0.39, 0.29) is 44.1 Å². The second kappa shape index (κ2) is 9.94. The highest BCUT2D eigenvalue weighted by Crippen LogP contribution is 2.43. The van der Waals surface area contributed by atoms with Crippen LogP contribution in [0.5, 0.6) is 0 Å². The second-order valence-corrected chi connectivity index (χ2v) is 9.65. The summed E-state index contributed by atoms with van der Waals surface area (Å²) in [4.78, 5) is 28.4. The standard InChI is InChI=1S/C24H18F7N5O2S/c1-10(9-36-11(2)7-16(35-36)24(29,30)31)21(38)34-18-17-14(12-3-5-13(25)6-4-12)8-15(23(26,27)28)33-22(17)39-19(18)20(32)37/h3-8,10H,9H2,1-2H3,(H2,32,37)(H,34,38). The Morgan fingerprint density at radius 2 is 1.67 bits per heavy atom. The molecule has 0 aliphatic heterocycles. The number of pyridine rings is 1. The van der Waals surface area contributed by atoms with Crippen LogP contribution in [-0.4, -0.2) is 26.6 Å². The summed E-state index contributed by atoms with van der Waals surface area (Å²) < 4.78 is 94.4. The van der Waals surface area contributed by atoms with Gasteiger partial charge in [0.2, 0.25) is 5.91 Å². The van der Waals surface area contributed by atoms with Crippen molar-refractivity contribution >= 4 is 39.1 Å². The lowest BCUT2D eigenvalue weighted by molar-refractivity contribution is -0.142. The number of halogens is 7. The molecule has 2 amide bonds. The van der Waals surface area contributed by atoms with Crippen molar-refractivity contribution in [1.82, 2.24) is 14.8 Å². The lowest BCUT2D eigenvalue weighted by Crippen LogP contribution is -2.26. The SMILES string of the molecule is Cc1cc(C(F)(F)F)nn1CC(C)C(=O)Nc1c(C(N)=O)sc2nc(C(F)(F)F)cc(-c3ccc(F)cc3)c12. The van der Waals surface area contributed by atoms with Crippen LogP contribution in [0.2, 0.25) is 0 Å². The predicted octanol–water partition coefficient (Wildman–Crippen LogP) is 6.02. The molecule has 4 rings (SSSR count). The molecule has 39 heavy (non-hydrogen) atoms. The Balaban J connectivity index is 1.79. The second-order valence-electron chi connectivity index (χ2n) is 8.65. The number of aromatic nitrogens is 3. The summed E-state index contributed by atoms with van der Waals surface area (Å²) in [7, 11) is 0. The maximum atomic E-state index is 13.6. The van der Waals surface area contributed by atoms with Crippen LogP contribution in [0.15, 0.2) is 36.4 Å². The minimum absolute atomic E-state index is 0.0383. The molecule has 7 nitrogen and oxygen atoms in total. The smallest absolute Gasteiger partial charge is 0.365 e. The van der Waals surface area contributed by atoms with E-state index in [0.29, 0.717) is 17.4 Å². The summed E-state index contributed by atoms with van der Waals surface area (Å²) >= 11 is 0.523. The number of thiophene rings is 1. The number of aryl methyl sites for hydroxylation is 1. The first kappa shape index (κ1) is 28.0. The van der Waals surface area contributed by atoms with Crippen molar-refractivity contribution in [1.29, 1.82) is 0 Å².